The van der Waals surface area contributed by atoms with Crippen LogP contribution in [-0.4, -0.2) is 97.2 Å². The van der Waals surface area contributed by atoms with Crippen molar-refractivity contribution in [3.8, 4) is 0 Å². The minimum absolute atomic E-state index is 0.0364. The Bertz CT molecular complexity index is 1550. The Kier molecular flexibility index (Phi) is 7.62. The normalized spacial score (nSPS) is 36.9. The van der Waals surface area contributed by atoms with Crippen molar-refractivity contribution in [1.82, 2.24) is 29.7 Å². The summed E-state index contributed by atoms with van der Waals surface area (Å²) < 4.78 is 46.1. The molecule has 0 saturated carbocycles. The molecular formula is C18H20FN9O7P2S3. The SMILES string of the molecule is N=C1N=C2C(N=CN2[C@H]2O[C@@H]3COP(O)(=S)OCCn4c(nc5cncnc54)COP(=S)(S)O[C@@H]2[C@@H]3F)C(=O)N1. The van der Waals surface area contributed by atoms with Gasteiger partial charge in [-0.2, -0.15) is 4.99 Å². The van der Waals surface area contributed by atoms with E-state index in [0.717, 1.165) is 0 Å². The maximum atomic E-state index is 15.9. The van der Waals surface area contributed by atoms with Crippen LogP contribution in [0.2, 0.25) is 0 Å². The van der Waals surface area contributed by atoms with E-state index in [1.165, 1.54) is 23.8 Å². The van der Waals surface area contributed by atoms with E-state index < -0.39 is 61.5 Å². The van der Waals surface area contributed by atoms with Gasteiger partial charge in [-0.05, 0) is 23.6 Å². The third kappa shape index (κ3) is 5.50. The Morgan fingerprint density at radius 3 is 2.95 bits per heavy atom. The first kappa shape index (κ1) is 28.3. The summed E-state index contributed by atoms with van der Waals surface area (Å²) in [6, 6.07) is -1.06. The average molecular weight is 652 g/mol. The molecule has 0 aromatic carbocycles. The van der Waals surface area contributed by atoms with Gasteiger partial charge in [0.2, 0.25) is 11.7 Å². The number of guanidine groups is 1. The lowest BCUT2D eigenvalue weighted by molar-refractivity contribution is -0.119. The fourth-order valence-corrected chi connectivity index (χ4v) is 7.40. The summed E-state index contributed by atoms with van der Waals surface area (Å²) in [6.07, 6.45) is -1.78. The highest BCUT2D eigenvalue weighted by molar-refractivity contribution is 8.60. The quantitative estimate of drug-likeness (QED) is 0.245. The number of aromatic nitrogens is 4. The Balaban J connectivity index is 1.33. The van der Waals surface area contributed by atoms with Gasteiger partial charge >= 0.3 is 6.72 Å². The van der Waals surface area contributed by atoms with Crippen molar-refractivity contribution >= 4 is 83.5 Å². The number of imidazole rings is 1. The number of amides is 1. The highest BCUT2D eigenvalue weighted by atomic mass is 32.9. The van der Waals surface area contributed by atoms with Crippen molar-refractivity contribution in [2.24, 2.45) is 9.98 Å². The van der Waals surface area contributed by atoms with Crippen molar-refractivity contribution in [3.05, 3.63) is 18.3 Å². The number of aliphatic imine (C=N–C) groups is 2. The monoisotopic (exact) mass is 651 g/mol. The molecule has 7 atom stereocenters. The van der Waals surface area contributed by atoms with Crippen LogP contribution in [0.5, 0.6) is 0 Å². The van der Waals surface area contributed by atoms with E-state index in [1.54, 1.807) is 4.57 Å². The van der Waals surface area contributed by atoms with Crippen LogP contribution in [0.15, 0.2) is 22.5 Å². The second-order valence-electron chi connectivity index (χ2n) is 8.71. The highest BCUT2D eigenvalue weighted by Crippen LogP contribution is 2.57. The van der Waals surface area contributed by atoms with E-state index in [9.17, 15) is 9.69 Å². The van der Waals surface area contributed by atoms with Crippen molar-refractivity contribution < 1.29 is 36.9 Å². The number of carbonyl (C=O) groups excluding carboxylic acids is 1. The minimum Gasteiger partial charge on any atom is -0.346 e. The number of hydrogen-bond donors (Lipinski definition) is 4. The predicted molar refractivity (Wildman–Crippen MR) is 148 cm³/mol. The van der Waals surface area contributed by atoms with Crippen LogP contribution in [-0.2, 0) is 64.4 Å². The molecule has 6 rings (SSSR count). The molecule has 22 heteroatoms. The summed E-state index contributed by atoms with van der Waals surface area (Å²) in [7, 11) is 0. The number of thiol groups is 1. The van der Waals surface area contributed by atoms with Gasteiger partial charge in [0.1, 0.15) is 36.5 Å². The molecule has 3 N–H and O–H groups in total. The number of hydrogen-bond acceptors (Lipinski definition) is 14. The molecule has 4 aliphatic heterocycles. The lowest BCUT2D eigenvalue weighted by Crippen LogP contribution is -2.53. The lowest BCUT2D eigenvalue weighted by Gasteiger charge is -2.31. The van der Waals surface area contributed by atoms with E-state index in [0.29, 0.717) is 17.0 Å². The number of alkyl halides is 1. The maximum Gasteiger partial charge on any atom is 0.324 e. The van der Waals surface area contributed by atoms with E-state index >= 15 is 4.39 Å². The van der Waals surface area contributed by atoms with Gasteiger partial charge in [-0.1, -0.05) is 12.2 Å². The van der Waals surface area contributed by atoms with Crippen molar-refractivity contribution in [2.45, 2.75) is 43.8 Å². The van der Waals surface area contributed by atoms with Crippen LogP contribution < -0.4 is 5.32 Å². The smallest absolute Gasteiger partial charge is 0.324 e. The minimum atomic E-state index is -3.82. The second kappa shape index (κ2) is 10.8. The number of fused-ring (bicyclic) bond motifs is 6. The van der Waals surface area contributed by atoms with E-state index in [4.69, 9.17) is 51.9 Å². The number of nitrogens with one attached hydrogen (secondary N) is 2. The fourth-order valence-electron chi connectivity index (χ4n) is 4.44. The van der Waals surface area contributed by atoms with Gasteiger partial charge in [0.15, 0.2) is 29.9 Å². The molecule has 2 aromatic rings. The van der Waals surface area contributed by atoms with Crippen LogP contribution in [0.4, 0.5) is 4.39 Å². The molecule has 3 unspecified atom stereocenters. The van der Waals surface area contributed by atoms with E-state index in [1.807, 2.05) is 0 Å². The van der Waals surface area contributed by atoms with Crippen molar-refractivity contribution in [2.75, 3.05) is 13.2 Å². The van der Waals surface area contributed by atoms with Gasteiger partial charge in [-0.15, -0.1) is 0 Å². The van der Waals surface area contributed by atoms with Gasteiger partial charge in [0, 0.05) is 6.54 Å². The first-order valence-corrected chi connectivity index (χ1v) is 17.9. The third-order valence-corrected chi connectivity index (χ3v) is 9.96. The molecule has 4 aliphatic rings. The van der Waals surface area contributed by atoms with Crippen LogP contribution in [0.3, 0.4) is 0 Å². The number of ether oxygens (including phenoxy) is 1. The summed E-state index contributed by atoms with van der Waals surface area (Å²) in [6.45, 7) is -4.42. The summed E-state index contributed by atoms with van der Waals surface area (Å²) in [4.78, 5) is 45.0. The van der Waals surface area contributed by atoms with Crippen LogP contribution in [0, 0.1) is 5.41 Å². The molecule has 0 spiro atoms. The molecule has 0 aliphatic carbocycles. The van der Waals surface area contributed by atoms with Gasteiger partial charge in [-0.25, -0.2) is 19.3 Å². The van der Waals surface area contributed by atoms with Crippen LogP contribution >= 0.6 is 24.7 Å². The van der Waals surface area contributed by atoms with Gasteiger partial charge in [0.05, 0.1) is 25.7 Å². The summed E-state index contributed by atoms with van der Waals surface area (Å²) in [5.41, 5.74) is -2.52. The molecule has 1 amide bonds. The molecule has 0 radical (unpaired) electrons. The van der Waals surface area contributed by atoms with Gasteiger partial charge in [0.25, 0.3) is 5.91 Å². The molecule has 40 heavy (non-hydrogen) atoms. The summed E-state index contributed by atoms with van der Waals surface area (Å²) in [5, 5.41) is 10.0. The largest absolute Gasteiger partial charge is 0.346 e. The van der Waals surface area contributed by atoms with E-state index in [-0.39, 0.29) is 25.6 Å². The summed E-state index contributed by atoms with van der Waals surface area (Å²) >= 11 is 15.0. The topological polar surface area (TPSA) is 191 Å². The van der Waals surface area contributed by atoms with Crippen molar-refractivity contribution in [3.63, 3.8) is 0 Å². The van der Waals surface area contributed by atoms with Crippen LogP contribution in [0.25, 0.3) is 11.2 Å². The number of halogens is 1. The zero-order valence-corrected chi connectivity index (χ0v) is 24.3. The fraction of sp³-hybridized carbons (Fsp3) is 0.500. The molecule has 1 fully saturated rings. The molecule has 1 saturated heterocycles. The molecule has 2 bridgehead atoms. The van der Waals surface area contributed by atoms with E-state index in [2.05, 4.69) is 42.5 Å². The first-order valence-electron chi connectivity index (χ1n) is 11.5. The Hall–Kier alpha value is -1.83. The molecule has 6 heterocycles. The second-order valence-corrected chi connectivity index (χ2v) is 16.8. The molecule has 16 nitrogen and oxygen atoms in total. The molecular weight excluding hydrogens is 631 g/mol. The standard InChI is InChI=1S/C18H20FN9O7P2S3/c19-11-9-4-32-36(30,38)31-2-1-27-10(24-8-3-21-6-22-14(8)27)5-33-37(39,40)35-13(11)17(34-9)28-7-23-12-15(28)25-18(20)26-16(12)29/h3,6-7,9,11-13,17H,1-2,4-5H2,(H,30,38)(H,39,40)(H2,20,26,29)/t9-,11-,12?,13-,17+,36?/m1/s1. The number of amidine groups is 1. The van der Waals surface area contributed by atoms with Crippen molar-refractivity contribution in [1.29, 1.82) is 5.41 Å². The maximum absolute atomic E-state index is 15.9. The van der Waals surface area contributed by atoms with Gasteiger partial charge < -0.3 is 32.3 Å². The number of carbonyl (C=O) groups is 1. The third-order valence-electron chi connectivity index (χ3n) is 6.18. The molecule has 2 aromatic heterocycles. The zero-order valence-electron chi connectivity index (χ0n) is 20.0. The Labute approximate surface area is 240 Å². The predicted octanol–water partition coefficient (Wildman–Crippen LogP) is 0.385. The average Bonchev–Trinajstić information content (AvgIpc) is 3.55. The lowest BCUT2D eigenvalue weighted by atomic mass is 10.1. The highest BCUT2D eigenvalue weighted by Gasteiger charge is 2.54. The Morgan fingerprint density at radius 1 is 1.30 bits per heavy atom. The first-order chi connectivity index (χ1) is 19.0. The molecule has 214 valence electrons. The zero-order chi connectivity index (χ0) is 28.2. The Morgan fingerprint density at radius 2 is 2.12 bits per heavy atom. The van der Waals surface area contributed by atoms with Crippen LogP contribution in [0.1, 0.15) is 5.82 Å². The summed E-state index contributed by atoms with van der Waals surface area (Å²) in [5.74, 6) is -0.586. The number of nitrogens with zero attached hydrogens (tertiary/aromatic N) is 7. The van der Waals surface area contributed by atoms with Gasteiger partial charge in [-0.3, -0.25) is 25.4 Å². The number of rotatable bonds is 1.